The van der Waals surface area contributed by atoms with Crippen LogP contribution in [-0.4, -0.2) is 75.3 Å². The van der Waals surface area contributed by atoms with E-state index < -0.39 is 16.1 Å². The van der Waals surface area contributed by atoms with E-state index in [4.69, 9.17) is 0 Å². The van der Waals surface area contributed by atoms with Crippen molar-refractivity contribution in [3.05, 3.63) is 65.7 Å². The molecular weight excluding hydrogens is 462 g/mol. The summed E-state index contributed by atoms with van der Waals surface area (Å²) in [5.74, 6) is -0.0101. The molecule has 2 aliphatic heterocycles. The van der Waals surface area contributed by atoms with E-state index in [1.54, 1.807) is 24.3 Å². The van der Waals surface area contributed by atoms with E-state index in [0.717, 1.165) is 45.7 Å². The number of amides is 1. The molecule has 2 aromatic rings. The van der Waals surface area contributed by atoms with Gasteiger partial charge in [0.1, 0.15) is 11.9 Å². The molecule has 1 amide bonds. The second-order valence-corrected chi connectivity index (χ2v) is 11.2. The maximum absolute atomic E-state index is 12.9. The van der Waals surface area contributed by atoms with Crippen LogP contribution >= 0.6 is 0 Å². The van der Waals surface area contributed by atoms with Gasteiger partial charge in [-0.1, -0.05) is 56.3 Å². The largest absolute Gasteiger partial charge is 0.354 e. The maximum Gasteiger partial charge on any atom is 0.263 e. The highest BCUT2D eigenvalue weighted by atomic mass is 32.2. The lowest BCUT2D eigenvalue weighted by Crippen LogP contribution is -2.46. The number of aliphatic imine (C=N–C) groups is 1. The summed E-state index contributed by atoms with van der Waals surface area (Å²) in [4.78, 5) is 22.5. The van der Waals surface area contributed by atoms with E-state index in [0.29, 0.717) is 12.1 Å². The van der Waals surface area contributed by atoms with Crippen LogP contribution in [0.15, 0.2) is 64.5 Å². The highest BCUT2D eigenvalue weighted by molar-refractivity contribution is 7.90. The Bertz CT molecular complexity index is 1140. The van der Waals surface area contributed by atoms with Crippen molar-refractivity contribution in [3.8, 4) is 0 Å². The molecular formula is C26H35N5O3S. The third-order valence-corrected chi connectivity index (χ3v) is 7.89. The number of rotatable bonds is 9. The maximum atomic E-state index is 12.9. The SMILES string of the molecule is CC(C)[C@H](N=C1NS(=O)(=O)c2ccccc21)C(=O)NCCCN1CCN(Cc2ccccc2)CC1. The molecule has 2 aliphatic rings. The Morgan fingerprint density at radius 1 is 1.00 bits per heavy atom. The molecule has 9 heteroatoms. The Balaban J connectivity index is 1.23. The number of carbonyl (C=O) groups is 1. The second kappa shape index (κ2) is 11.3. The molecule has 1 atom stereocenters. The Labute approximate surface area is 208 Å². The van der Waals surface area contributed by atoms with Crippen LogP contribution in [0.2, 0.25) is 0 Å². The van der Waals surface area contributed by atoms with E-state index in [1.807, 2.05) is 19.9 Å². The molecule has 2 heterocycles. The van der Waals surface area contributed by atoms with Gasteiger partial charge in [-0.3, -0.25) is 19.4 Å². The van der Waals surface area contributed by atoms with Crippen LogP contribution in [0.1, 0.15) is 31.4 Å². The molecule has 0 bridgehead atoms. The first-order valence-corrected chi connectivity index (χ1v) is 13.8. The Morgan fingerprint density at radius 3 is 2.37 bits per heavy atom. The van der Waals surface area contributed by atoms with Crippen LogP contribution in [0.25, 0.3) is 0 Å². The van der Waals surface area contributed by atoms with E-state index >= 15 is 0 Å². The van der Waals surface area contributed by atoms with Gasteiger partial charge in [0.05, 0.1) is 4.90 Å². The molecule has 8 nitrogen and oxygen atoms in total. The van der Waals surface area contributed by atoms with Gasteiger partial charge < -0.3 is 10.2 Å². The highest BCUT2D eigenvalue weighted by Crippen LogP contribution is 2.23. The molecule has 35 heavy (non-hydrogen) atoms. The van der Waals surface area contributed by atoms with E-state index in [1.165, 1.54) is 5.56 Å². The minimum Gasteiger partial charge on any atom is -0.354 e. The van der Waals surface area contributed by atoms with E-state index in [2.05, 4.69) is 49.1 Å². The second-order valence-electron chi connectivity index (χ2n) is 9.52. The van der Waals surface area contributed by atoms with Gasteiger partial charge in [0, 0.05) is 44.8 Å². The van der Waals surface area contributed by atoms with Crippen molar-refractivity contribution in [2.24, 2.45) is 10.9 Å². The first-order chi connectivity index (χ1) is 16.8. The van der Waals surface area contributed by atoms with Gasteiger partial charge in [-0.25, -0.2) is 8.42 Å². The number of amidine groups is 1. The molecule has 0 saturated carbocycles. The number of nitrogens with zero attached hydrogens (tertiary/aromatic N) is 3. The molecule has 0 aromatic heterocycles. The quantitative estimate of drug-likeness (QED) is 0.518. The molecule has 1 fully saturated rings. The number of sulfonamides is 1. The molecule has 2 aromatic carbocycles. The number of fused-ring (bicyclic) bond motifs is 1. The summed E-state index contributed by atoms with van der Waals surface area (Å²) in [5.41, 5.74) is 1.86. The van der Waals surface area contributed by atoms with Crippen LogP contribution < -0.4 is 10.0 Å². The predicted molar refractivity (Wildman–Crippen MR) is 138 cm³/mol. The summed E-state index contributed by atoms with van der Waals surface area (Å²) >= 11 is 0. The molecule has 1 saturated heterocycles. The van der Waals surface area contributed by atoms with Crippen molar-refractivity contribution >= 4 is 21.8 Å². The summed E-state index contributed by atoms with van der Waals surface area (Å²) in [5, 5.41) is 3.00. The number of carbonyl (C=O) groups excluding carboxylic acids is 1. The summed E-state index contributed by atoms with van der Waals surface area (Å²) in [6.45, 7) is 10.5. The average molecular weight is 498 g/mol. The third kappa shape index (κ3) is 6.48. The number of hydrogen-bond acceptors (Lipinski definition) is 6. The lowest BCUT2D eigenvalue weighted by atomic mass is 10.0. The van der Waals surface area contributed by atoms with Crippen molar-refractivity contribution < 1.29 is 13.2 Å². The van der Waals surface area contributed by atoms with Gasteiger partial charge in [-0.05, 0) is 36.6 Å². The summed E-state index contributed by atoms with van der Waals surface area (Å²) in [6.07, 6.45) is 0.862. The van der Waals surface area contributed by atoms with Crippen molar-refractivity contribution in [2.75, 3.05) is 39.3 Å². The Hall–Kier alpha value is -2.75. The van der Waals surface area contributed by atoms with Gasteiger partial charge >= 0.3 is 0 Å². The normalized spacial score (nSPS) is 19.9. The summed E-state index contributed by atoms with van der Waals surface area (Å²) in [7, 11) is -3.63. The van der Waals surface area contributed by atoms with E-state index in [-0.39, 0.29) is 22.6 Å². The van der Waals surface area contributed by atoms with Crippen molar-refractivity contribution in [1.29, 1.82) is 0 Å². The lowest BCUT2D eigenvalue weighted by molar-refractivity contribution is -0.123. The molecule has 2 N–H and O–H groups in total. The van der Waals surface area contributed by atoms with Gasteiger partial charge in [0.15, 0.2) is 0 Å². The van der Waals surface area contributed by atoms with Crippen LogP contribution in [0.3, 0.4) is 0 Å². The number of hydrogen-bond donors (Lipinski definition) is 2. The van der Waals surface area contributed by atoms with Crippen molar-refractivity contribution in [3.63, 3.8) is 0 Å². The summed E-state index contributed by atoms with van der Waals surface area (Å²) < 4.78 is 27.2. The molecule has 0 unspecified atom stereocenters. The van der Waals surface area contributed by atoms with Gasteiger partial charge in [-0.2, -0.15) is 0 Å². The van der Waals surface area contributed by atoms with Crippen molar-refractivity contribution in [2.45, 2.75) is 37.8 Å². The zero-order valence-corrected chi connectivity index (χ0v) is 21.3. The smallest absolute Gasteiger partial charge is 0.263 e. The van der Waals surface area contributed by atoms with Gasteiger partial charge in [0.2, 0.25) is 5.91 Å². The first kappa shape index (κ1) is 25.3. The van der Waals surface area contributed by atoms with Gasteiger partial charge in [0.25, 0.3) is 10.0 Å². The standard InChI is InChI=1S/C26H35N5O3S/c1-20(2)24(28-25-22-11-6-7-12-23(22)35(33,34)29-25)26(32)27-13-8-14-30-15-17-31(18-16-30)19-21-9-4-3-5-10-21/h3-7,9-12,20,24H,8,13-19H2,1-2H3,(H,27,32)(H,28,29)/t24-/m0/s1. The zero-order chi connectivity index (χ0) is 24.8. The third-order valence-electron chi connectivity index (χ3n) is 6.50. The molecule has 0 radical (unpaired) electrons. The molecule has 0 spiro atoms. The number of nitrogens with one attached hydrogen (secondary N) is 2. The first-order valence-electron chi connectivity index (χ1n) is 12.3. The van der Waals surface area contributed by atoms with E-state index in [9.17, 15) is 13.2 Å². The Kier molecular flexibility index (Phi) is 8.20. The van der Waals surface area contributed by atoms with Crippen LogP contribution in [0.4, 0.5) is 0 Å². The van der Waals surface area contributed by atoms with Crippen LogP contribution in [0.5, 0.6) is 0 Å². The number of benzene rings is 2. The molecule has 4 rings (SSSR count). The highest BCUT2D eigenvalue weighted by Gasteiger charge is 2.32. The minimum absolute atomic E-state index is 0.0718. The fourth-order valence-electron chi connectivity index (χ4n) is 4.51. The molecule has 188 valence electrons. The number of piperazine rings is 1. The topological polar surface area (TPSA) is 94.1 Å². The predicted octanol–water partition coefficient (Wildman–Crippen LogP) is 2.07. The van der Waals surface area contributed by atoms with Crippen LogP contribution in [-0.2, 0) is 21.4 Å². The van der Waals surface area contributed by atoms with Crippen molar-refractivity contribution in [1.82, 2.24) is 19.8 Å². The zero-order valence-electron chi connectivity index (χ0n) is 20.5. The summed E-state index contributed by atoms with van der Waals surface area (Å²) in [6, 6.07) is 16.6. The fourth-order valence-corrected chi connectivity index (χ4v) is 5.75. The fraction of sp³-hybridized carbons (Fsp3) is 0.462. The lowest BCUT2D eigenvalue weighted by Gasteiger charge is -2.34. The average Bonchev–Trinajstić information content (AvgIpc) is 3.11. The monoisotopic (exact) mass is 497 g/mol. The minimum atomic E-state index is -3.63. The van der Waals surface area contributed by atoms with Crippen LogP contribution in [0, 0.1) is 5.92 Å². The Morgan fingerprint density at radius 2 is 1.66 bits per heavy atom. The molecule has 0 aliphatic carbocycles. The van der Waals surface area contributed by atoms with Gasteiger partial charge in [-0.15, -0.1) is 0 Å².